The second kappa shape index (κ2) is 5.35. The van der Waals surface area contributed by atoms with Crippen LogP contribution < -0.4 is 4.90 Å². The zero-order valence-corrected chi connectivity index (χ0v) is 11.7. The van der Waals surface area contributed by atoms with E-state index in [0.717, 1.165) is 30.8 Å². The van der Waals surface area contributed by atoms with Gasteiger partial charge in [-0.1, -0.05) is 11.6 Å². The van der Waals surface area contributed by atoms with Crippen LogP contribution in [-0.4, -0.2) is 29.2 Å². The number of non-ortho nitro benzene ring substituents is 1. The summed E-state index contributed by atoms with van der Waals surface area (Å²) < 4.78 is 0. The van der Waals surface area contributed by atoms with E-state index in [4.69, 9.17) is 11.6 Å². The predicted octanol–water partition coefficient (Wildman–Crippen LogP) is 2.76. The maximum atomic E-state index is 10.8. The highest BCUT2D eigenvalue weighted by atomic mass is 35.5. The third-order valence-corrected chi connectivity index (χ3v) is 3.96. The number of nitro groups is 1. The number of anilines is 1. The van der Waals surface area contributed by atoms with E-state index < -0.39 is 4.92 Å². The highest BCUT2D eigenvalue weighted by Gasteiger charge is 2.28. The first-order chi connectivity index (χ1) is 8.90. The molecule has 0 aliphatic carbocycles. The first-order valence-corrected chi connectivity index (χ1v) is 6.65. The van der Waals surface area contributed by atoms with Gasteiger partial charge in [0.15, 0.2) is 0 Å². The average Bonchev–Trinajstić information content (AvgIpc) is 2.77. The van der Waals surface area contributed by atoms with E-state index in [0.29, 0.717) is 5.02 Å². The summed E-state index contributed by atoms with van der Waals surface area (Å²) >= 11 is 6.18. The zero-order valence-electron chi connectivity index (χ0n) is 11.0. The molecule has 1 aromatic carbocycles. The molecule has 0 aromatic heterocycles. The quantitative estimate of drug-likeness (QED) is 0.684. The van der Waals surface area contributed by atoms with Crippen molar-refractivity contribution in [1.82, 2.24) is 0 Å². The Balaban J connectivity index is 2.29. The van der Waals surface area contributed by atoms with Crippen LogP contribution in [0.3, 0.4) is 0 Å². The van der Waals surface area contributed by atoms with Crippen LogP contribution in [0, 0.1) is 23.0 Å². The largest absolute Gasteiger partial charge is 0.393 e. The summed E-state index contributed by atoms with van der Waals surface area (Å²) in [6, 6.07) is 2.93. The van der Waals surface area contributed by atoms with Crippen molar-refractivity contribution in [2.45, 2.75) is 26.4 Å². The van der Waals surface area contributed by atoms with Crippen LogP contribution in [-0.2, 0) is 0 Å². The lowest BCUT2D eigenvalue weighted by molar-refractivity contribution is -0.384. The first kappa shape index (κ1) is 14.1. The minimum atomic E-state index is -0.439. The highest BCUT2D eigenvalue weighted by Crippen LogP contribution is 2.36. The zero-order chi connectivity index (χ0) is 14.2. The lowest BCUT2D eigenvalue weighted by atomic mass is 10.0. The fourth-order valence-electron chi connectivity index (χ4n) is 2.61. The Kier molecular flexibility index (Phi) is 3.96. The van der Waals surface area contributed by atoms with Gasteiger partial charge in [0.2, 0.25) is 0 Å². The summed E-state index contributed by atoms with van der Waals surface area (Å²) in [7, 11) is 0. The lowest BCUT2D eigenvalue weighted by Crippen LogP contribution is -2.24. The van der Waals surface area contributed by atoms with Crippen LogP contribution in [0.15, 0.2) is 12.1 Å². The Morgan fingerprint density at radius 2 is 2.26 bits per heavy atom. The number of aliphatic hydroxyl groups excluding tert-OH is 1. The van der Waals surface area contributed by atoms with Gasteiger partial charge in [-0.3, -0.25) is 10.1 Å². The molecule has 6 heteroatoms. The number of hydrogen-bond acceptors (Lipinski definition) is 4. The van der Waals surface area contributed by atoms with Crippen LogP contribution in [0.2, 0.25) is 5.02 Å². The third-order valence-electron chi connectivity index (χ3n) is 3.67. The van der Waals surface area contributed by atoms with E-state index in [1.807, 2.05) is 6.92 Å². The summed E-state index contributed by atoms with van der Waals surface area (Å²) in [6.07, 6.45) is 0.562. The topological polar surface area (TPSA) is 66.6 Å². The van der Waals surface area contributed by atoms with E-state index in [1.54, 1.807) is 6.92 Å². The fourth-order valence-corrected chi connectivity index (χ4v) is 2.99. The number of halogens is 1. The van der Waals surface area contributed by atoms with E-state index in [9.17, 15) is 15.2 Å². The molecule has 1 N–H and O–H groups in total. The Bertz CT molecular complexity index is 482. The monoisotopic (exact) mass is 284 g/mol. The van der Waals surface area contributed by atoms with Crippen molar-refractivity contribution in [3.63, 3.8) is 0 Å². The summed E-state index contributed by atoms with van der Waals surface area (Å²) in [6.45, 7) is 5.16. The number of benzene rings is 1. The molecular weight excluding hydrogens is 268 g/mol. The van der Waals surface area contributed by atoms with E-state index in [1.165, 1.54) is 12.1 Å². The number of nitrogens with zero attached hydrogens (tertiary/aromatic N) is 2. The van der Waals surface area contributed by atoms with Crippen molar-refractivity contribution in [2.24, 2.45) is 5.92 Å². The molecule has 0 radical (unpaired) electrons. The van der Waals surface area contributed by atoms with Gasteiger partial charge in [-0.2, -0.15) is 0 Å². The molecule has 0 saturated carbocycles. The number of nitro benzene ring substituents is 1. The molecule has 19 heavy (non-hydrogen) atoms. The van der Waals surface area contributed by atoms with Gasteiger partial charge in [-0.25, -0.2) is 0 Å². The maximum absolute atomic E-state index is 10.8. The van der Waals surface area contributed by atoms with Crippen LogP contribution >= 0.6 is 11.6 Å². The van der Waals surface area contributed by atoms with Crippen molar-refractivity contribution >= 4 is 23.0 Å². The van der Waals surface area contributed by atoms with Gasteiger partial charge >= 0.3 is 0 Å². The second-order valence-electron chi connectivity index (χ2n) is 5.09. The van der Waals surface area contributed by atoms with Crippen LogP contribution in [0.4, 0.5) is 11.4 Å². The molecule has 0 amide bonds. The van der Waals surface area contributed by atoms with Crippen molar-refractivity contribution in [3.8, 4) is 0 Å². The van der Waals surface area contributed by atoms with Crippen molar-refractivity contribution < 1.29 is 10.0 Å². The number of hydrogen-bond donors (Lipinski definition) is 1. The van der Waals surface area contributed by atoms with Crippen LogP contribution in [0.5, 0.6) is 0 Å². The minimum absolute atomic E-state index is 0.0116. The van der Waals surface area contributed by atoms with E-state index in [2.05, 4.69) is 4.90 Å². The summed E-state index contributed by atoms with van der Waals surface area (Å²) in [4.78, 5) is 12.4. The molecule has 1 aromatic rings. The Morgan fingerprint density at radius 3 is 2.74 bits per heavy atom. The molecule has 104 valence electrons. The van der Waals surface area contributed by atoms with E-state index >= 15 is 0 Å². The number of rotatable bonds is 3. The molecule has 1 saturated heterocycles. The second-order valence-corrected chi connectivity index (χ2v) is 5.49. The summed E-state index contributed by atoms with van der Waals surface area (Å²) in [5.41, 5.74) is 1.65. The van der Waals surface area contributed by atoms with Gasteiger partial charge in [-0.15, -0.1) is 0 Å². The summed E-state index contributed by atoms with van der Waals surface area (Å²) in [5.74, 6) is 0.227. The molecule has 0 bridgehead atoms. The van der Waals surface area contributed by atoms with Gasteiger partial charge in [0.05, 0.1) is 21.7 Å². The molecular formula is C13H17ClN2O3. The molecule has 2 rings (SSSR count). The van der Waals surface area contributed by atoms with E-state index in [-0.39, 0.29) is 17.7 Å². The van der Waals surface area contributed by atoms with Crippen LogP contribution in [0.1, 0.15) is 18.9 Å². The van der Waals surface area contributed by atoms with Gasteiger partial charge in [0.25, 0.3) is 5.69 Å². The highest BCUT2D eigenvalue weighted by molar-refractivity contribution is 6.33. The summed E-state index contributed by atoms with van der Waals surface area (Å²) in [5, 5.41) is 20.8. The molecule has 5 nitrogen and oxygen atoms in total. The average molecular weight is 285 g/mol. The Morgan fingerprint density at radius 1 is 1.58 bits per heavy atom. The van der Waals surface area contributed by atoms with Crippen molar-refractivity contribution in [1.29, 1.82) is 0 Å². The number of aryl methyl sites for hydroxylation is 1. The Hall–Kier alpha value is -1.33. The fraction of sp³-hybridized carbons (Fsp3) is 0.538. The van der Waals surface area contributed by atoms with Crippen LogP contribution in [0.25, 0.3) is 0 Å². The molecule has 2 atom stereocenters. The SMILES string of the molecule is Cc1cc([N+](=O)[O-])cc(Cl)c1N1CCC(C(C)O)C1. The predicted molar refractivity (Wildman–Crippen MR) is 74.8 cm³/mol. The lowest BCUT2D eigenvalue weighted by Gasteiger charge is -2.22. The molecule has 1 aliphatic rings. The normalized spacial score (nSPS) is 20.6. The van der Waals surface area contributed by atoms with Gasteiger partial charge < -0.3 is 10.0 Å². The van der Waals surface area contributed by atoms with Gasteiger partial charge in [-0.05, 0) is 25.8 Å². The molecule has 1 aliphatic heterocycles. The number of aliphatic hydroxyl groups is 1. The maximum Gasteiger partial charge on any atom is 0.271 e. The molecule has 1 heterocycles. The molecule has 0 spiro atoms. The standard InChI is InChI=1S/C13H17ClN2O3/c1-8-5-11(16(18)19)6-12(14)13(8)15-4-3-10(7-15)9(2)17/h5-6,9-10,17H,3-4,7H2,1-2H3. The Labute approximate surface area is 116 Å². The smallest absolute Gasteiger partial charge is 0.271 e. The van der Waals surface area contributed by atoms with Crippen molar-refractivity contribution in [2.75, 3.05) is 18.0 Å². The van der Waals surface area contributed by atoms with Gasteiger partial charge in [0.1, 0.15) is 0 Å². The molecule has 2 unspecified atom stereocenters. The van der Waals surface area contributed by atoms with Crippen molar-refractivity contribution in [3.05, 3.63) is 32.8 Å². The minimum Gasteiger partial charge on any atom is -0.393 e. The molecule has 1 fully saturated rings. The van der Waals surface area contributed by atoms with Gasteiger partial charge in [0, 0.05) is 31.1 Å². The first-order valence-electron chi connectivity index (χ1n) is 6.27. The third kappa shape index (κ3) is 2.82.